The number of rotatable bonds is 10. The average molecular weight is 456 g/mol. The SMILES string of the molecule is COc1cccc(F)c1C(=O)NC(CCCNC(=N)CF)c1ncc(-c2cccc(C)c2)o1. The number of hydrogen-bond acceptors (Lipinski definition) is 5. The summed E-state index contributed by atoms with van der Waals surface area (Å²) in [7, 11) is 1.36. The Morgan fingerprint density at radius 2 is 2.06 bits per heavy atom. The van der Waals surface area contributed by atoms with Crippen LogP contribution in [-0.4, -0.2) is 37.1 Å². The van der Waals surface area contributed by atoms with Crippen molar-refractivity contribution in [1.82, 2.24) is 15.6 Å². The molecule has 3 aromatic rings. The molecule has 0 radical (unpaired) electrons. The molecule has 174 valence electrons. The van der Waals surface area contributed by atoms with E-state index in [4.69, 9.17) is 14.6 Å². The highest BCUT2D eigenvalue weighted by atomic mass is 19.1. The van der Waals surface area contributed by atoms with Crippen LogP contribution in [0.15, 0.2) is 53.1 Å². The summed E-state index contributed by atoms with van der Waals surface area (Å²) in [5, 5.41) is 12.8. The predicted molar refractivity (Wildman–Crippen MR) is 121 cm³/mol. The number of nitrogens with zero attached hydrogens (tertiary/aromatic N) is 1. The molecule has 0 saturated carbocycles. The summed E-state index contributed by atoms with van der Waals surface area (Å²) in [5.74, 6) is -0.697. The summed E-state index contributed by atoms with van der Waals surface area (Å²) >= 11 is 0. The fourth-order valence-corrected chi connectivity index (χ4v) is 3.36. The number of amides is 1. The normalized spacial score (nSPS) is 11.6. The van der Waals surface area contributed by atoms with Crippen LogP contribution in [0, 0.1) is 18.2 Å². The summed E-state index contributed by atoms with van der Waals surface area (Å²) in [6.45, 7) is 1.41. The zero-order valence-corrected chi connectivity index (χ0v) is 18.5. The van der Waals surface area contributed by atoms with E-state index in [1.165, 1.54) is 25.3 Å². The standard InChI is InChI=1S/C24H26F2N4O3/c1-15-6-3-7-16(12-15)20-14-29-24(33-20)18(9-5-11-28-21(27)13-25)30-23(31)22-17(26)8-4-10-19(22)32-2/h3-4,6-8,10,12,14,18H,5,9,11,13H2,1-2H3,(H2,27,28)(H,30,31). The minimum absolute atomic E-state index is 0.108. The first-order chi connectivity index (χ1) is 15.9. The number of benzene rings is 2. The number of halogens is 2. The van der Waals surface area contributed by atoms with Crippen molar-refractivity contribution >= 4 is 11.7 Å². The summed E-state index contributed by atoms with van der Waals surface area (Å²) in [4.78, 5) is 17.3. The summed E-state index contributed by atoms with van der Waals surface area (Å²) < 4.78 is 37.9. The predicted octanol–water partition coefficient (Wildman–Crippen LogP) is 4.59. The minimum Gasteiger partial charge on any atom is -0.496 e. The molecule has 1 unspecified atom stereocenters. The van der Waals surface area contributed by atoms with Crippen molar-refractivity contribution in [1.29, 1.82) is 5.41 Å². The van der Waals surface area contributed by atoms with Gasteiger partial charge in [-0.2, -0.15) is 0 Å². The van der Waals surface area contributed by atoms with E-state index in [0.29, 0.717) is 25.1 Å². The molecule has 0 fully saturated rings. The third kappa shape index (κ3) is 6.15. The molecule has 1 heterocycles. The number of carbonyl (C=O) groups excluding carboxylic acids is 1. The van der Waals surface area contributed by atoms with Gasteiger partial charge in [0.1, 0.15) is 35.7 Å². The monoisotopic (exact) mass is 456 g/mol. The Bertz CT molecular complexity index is 1120. The summed E-state index contributed by atoms with van der Waals surface area (Å²) in [6, 6.07) is 11.2. The van der Waals surface area contributed by atoms with Gasteiger partial charge in [0.2, 0.25) is 5.89 Å². The molecule has 0 aliphatic rings. The van der Waals surface area contributed by atoms with E-state index in [1.54, 1.807) is 6.20 Å². The molecule has 1 amide bonds. The van der Waals surface area contributed by atoms with Crippen LogP contribution in [-0.2, 0) is 0 Å². The molecule has 0 saturated heterocycles. The van der Waals surface area contributed by atoms with Crippen LogP contribution >= 0.6 is 0 Å². The maximum absolute atomic E-state index is 14.4. The maximum atomic E-state index is 14.4. The molecule has 2 aromatic carbocycles. The highest BCUT2D eigenvalue weighted by Crippen LogP contribution is 2.27. The Hall–Kier alpha value is -3.75. The number of hydrogen-bond donors (Lipinski definition) is 3. The van der Waals surface area contributed by atoms with E-state index in [2.05, 4.69) is 15.6 Å². The number of aromatic nitrogens is 1. The van der Waals surface area contributed by atoms with Gasteiger partial charge in [-0.05, 0) is 38.0 Å². The van der Waals surface area contributed by atoms with Crippen molar-refractivity contribution in [2.75, 3.05) is 20.3 Å². The van der Waals surface area contributed by atoms with Crippen molar-refractivity contribution in [2.24, 2.45) is 0 Å². The zero-order valence-electron chi connectivity index (χ0n) is 18.5. The molecule has 0 bridgehead atoms. The van der Waals surface area contributed by atoms with E-state index < -0.39 is 24.4 Å². The molecular formula is C24H26F2N4O3. The van der Waals surface area contributed by atoms with Gasteiger partial charge in [-0.3, -0.25) is 10.2 Å². The second-order valence-corrected chi connectivity index (χ2v) is 7.46. The van der Waals surface area contributed by atoms with Crippen molar-refractivity contribution in [2.45, 2.75) is 25.8 Å². The molecule has 0 aliphatic heterocycles. The van der Waals surface area contributed by atoms with E-state index in [0.717, 1.165) is 11.1 Å². The van der Waals surface area contributed by atoms with Crippen LogP contribution < -0.4 is 15.4 Å². The van der Waals surface area contributed by atoms with Crippen LogP contribution in [0.4, 0.5) is 8.78 Å². The quantitative estimate of drug-likeness (QED) is 0.235. The van der Waals surface area contributed by atoms with Gasteiger partial charge in [-0.25, -0.2) is 13.8 Å². The molecule has 0 spiro atoms. The van der Waals surface area contributed by atoms with Crippen LogP contribution in [0.3, 0.4) is 0 Å². The van der Waals surface area contributed by atoms with Gasteiger partial charge in [0.05, 0.1) is 13.3 Å². The van der Waals surface area contributed by atoms with Crippen LogP contribution in [0.5, 0.6) is 5.75 Å². The van der Waals surface area contributed by atoms with Gasteiger partial charge in [-0.1, -0.05) is 29.8 Å². The number of ether oxygens (including phenoxy) is 1. The number of amidine groups is 1. The lowest BCUT2D eigenvalue weighted by atomic mass is 10.1. The van der Waals surface area contributed by atoms with Crippen molar-refractivity contribution in [3.63, 3.8) is 0 Å². The Morgan fingerprint density at radius 1 is 1.27 bits per heavy atom. The summed E-state index contributed by atoms with van der Waals surface area (Å²) in [6.07, 6.45) is 2.41. The molecule has 0 aliphatic carbocycles. The Labute approximate surface area is 190 Å². The zero-order chi connectivity index (χ0) is 23.8. The number of nitrogens with one attached hydrogen (secondary N) is 3. The second-order valence-electron chi connectivity index (χ2n) is 7.46. The number of oxazole rings is 1. The maximum Gasteiger partial charge on any atom is 0.258 e. The van der Waals surface area contributed by atoms with E-state index in [-0.39, 0.29) is 23.0 Å². The first-order valence-corrected chi connectivity index (χ1v) is 10.5. The fraction of sp³-hybridized carbons (Fsp3) is 0.292. The van der Waals surface area contributed by atoms with E-state index in [1.807, 2.05) is 31.2 Å². The van der Waals surface area contributed by atoms with Gasteiger partial charge in [0.15, 0.2) is 5.76 Å². The highest BCUT2D eigenvalue weighted by Gasteiger charge is 2.25. The lowest BCUT2D eigenvalue weighted by molar-refractivity contribution is 0.0920. The molecule has 3 rings (SSSR count). The third-order valence-corrected chi connectivity index (χ3v) is 4.99. The van der Waals surface area contributed by atoms with Gasteiger partial charge in [0, 0.05) is 12.1 Å². The van der Waals surface area contributed by atoms with Crippen molar-refractivity contribution < 1.29 is 22.7 Å². The van der Waals surface area contributed by atoms with E-state index >= 15 is 0 Å². The minimum atomic E-state index is -0.882. The highest BCUT2D eigenvalue weighted by molar-refractivity contribution is 5.97. The first kappa shape index (κ1) is 23.9. The third-order valence-electron chi connectivity index (χ3n) is 4.99. The fourth-order valence-electron chi connectivity index (χ4n) is 3.36. The van der Waals surface area contributed by atoms with Gasteiger partial charge in [0.25, 0.3) is 5.91 Å². The Kier molecular flexibility index (Phi) is 8.12. The molecular weight excluding hydrogens is 430 g/mol. The Balaban J connectivity index is 1.82. The number of methoxy groups -OCH3 is 1. The molecule has 33 heavy (non-hydrogen) atoms. The molecule has 9 heteroatoms. The van der Waals surface area contributed by atoms with Crippen LogP contribution in [0.25, 0.3) is 11.3 Å². The smallest absolute Gasteiger partial charge is 0.258 e. The van der Waals surface area contributed by atoms with Crippen molar-refractivity contribution in [3.8, 4) is 17.1 Å². The van der Waals surface area contributed by atoms with Crippen LogP contribution in [0.1, 0.15) is 40.7 Å². The van der Waals surface area contributed by atoms with E-state index in [9.17, 15) is 13.6 Å². The van der Waals surface area contributed by atoms with Gasteiger partial charge < -0.3 is 19.8 Å². The molecule has 7 nitrogen and oxygen atoms in total. The largest absolute Gasteiger partial charge is 0.496 e. The van der Waals surface area contributed by atoms with Crippen LogP contribution in [0.2, 0.25) is 0 Å². The number of alkyl halides is 1. The topological polar surface area (TPSA) is 100 Å². The molecule has 3 N–H and O–H groups in total. The average Bonchev–Trinajstić information content (AvgIpc) is 3.30. The molecule has 1 aromatic heterocycles. The lowest BCUT2D eigenvalue weighted by Gasteiger charge is -2.17. The first-order valence-electron chi connectivity index (χ1n) is 10.5. The Morgan fingerprint density at radius 3 is 2.79 bits per heavy atom. The number of aryl methyl sites for hydroxylation is 1. The summed E-state index contributed by atoms with van der Waals surface area (Å²) in [5.41, 5.74) is 1.68. The van der Waals surface area contributed by atoms with Gasteiger partial charge >= 0.3 is 0 Å². The lowest BCUT2D eigenvalue weighted by Crippen LogP contribution is -2.31. The number of carbonyl (C=O) groups is 1. The molecule has 1 atom stereocenters. The van der Waals surface area contributed by atoms with Crippen molar-refractivity contribution in [3.05, 3.63) is 71.5 Å². The van der Waals surface area contributed by atoms with Gasteiger partial charge in [-0.15, -0.1) is 0 Å². The second kappa shape index (κ2) is 11.2.